The lowest BCUT2D eigenvalue weighted by atomic mass is 10.0. The molecular weight excluding hydrogens is 235 g/mol. The molecule has 90 valence electrons. The van der Waals surface area contributed by atoms with Crippen LogP contribution in [0, 0.1) is 11.8 Å². The second-order valence-corrected chi connectivity index (χ2v) is 4.80. The van der Waals surface area contributed by atoms with Gasteiger partial charge in [0, 0.05) is 31.8 Å². The Morgan fingerprint density at radius 3 is 2.40 bits per heavy atom. The van der Waals surface area contributed by atoms with Crippen LogP contribution in [0.15, 0.2) is 0 Å². The summed E-state index contributed by atoms with van der Waals surface area (Å²) in [6.45, 7) is 4.28. The third-order valence-electron chi connectivity index (χ3n) is 3.84. The Morgan fingerprint density at radius 1 is 1.13 bits per heavy atom. The van der Waals surface area contributed by atoms with Crippen LogP contribution in [0.5, 0.6) is 0 Å². The summed E-state index contributed by atoms with van der Waals surface area (Å²) in [6.07, 6.45) is 2.62. The highest BCUT2D eigenvalue weighted by Gasteiger charge is 2.47. The van der Waals surface area contributed by atoms with Gasteiger partial charge in [0.2, 0.25) is 0 Å². The molecule has 3 aliphatic rings. The maximum absolute atomic E-state index is 6.05. The van der Waals surface area contributed by atoms with Crippen molar-refractivity contribution in [3.8, 4) is 0 Å². The molecule has 0 aromatic carbocycles. The monoisotopic (exact) mass is 254 g/mol. The molecule has 0 spiro atoms. The predicted octanol–water partition coefficient (Wildman–Crippen LogP) is 0.898. The first-order chi connectivity index (χ1) is 6.34. The van der Waals surface area contributed by atoms with Crippen LogP contribution < -0.4 is 5.73 Å². The van der Waals surface area contributed by atoms with Crippen LogP contribution in [-0.4, -0.2) is 43.3 Å². The largest absolute Gasteiger partial charge is 0.380 e. The number of nitrogens with zero attached hydrogens (tertiary/aromatic N) is 1. The Kier molecular flexibility index (Phi) is 4.68. The van der Waals surface area contributed by atoms with E-state index in [-0.39, 0.29) is 30.9 Å². The van der Waals surface area contributed by atoms with E-state index in [1.807, 2.05) is 0 Å². The van der Waals surface area contributed by atoms with E-state index in [0.29, 0.717) is 6.04 Å². The quantitative estimate of drug-likeness (QED) is 0.756. The van der Waals surface area contributed by atoms with E-state index in [2.05, 4.69) is 4.90 Å². The van der Waals surface area contributed by atoms with E-state index in [0.717, 1.165) is 31.5 Å². The molecule has 2 N–H and O–H groups in total. The van der Waals surface area contributed by atoms with Crippen molar-refractivity contribution >= 4 is 24.8 Å². The van der Waals surface area contributed by atoms with Crippen LogP contribution in [0.25, 0.3) is 0 Å². The van der Waals surface area contributed by atoms with Gasteiger partial charge in [0.05, 0.1) is 6.61 Å². The Bertz CT molecular complexity index is 208. The number of ether oxygens (including phenoxy) is 1. The Labute approximate surface area is 104 Å². The molecule has 4 atom stereocenters. The lowest BCUT2D eigenvalue weighted by Crippen LogP contribution is -2.52. The highest BCUT2D eigenvalue weighted by atomic mass is 35.5. The van der Waals surface area contributed by atoms with Gasteiger partial charge < -0.3 is 10.5 Å². The fourth-order valence-corrected chi connectivity index (χ4v) is 2.91. The minimum Gasteiger partial charge on any atom is -0.380 e. The maximum atomic E-state index is 6.05. The minimum atomic E-state index is 0. The van der Waals surface area contributed by atoms with Crippen molar-refractivity contribution in [2.45, 2.75) is 24.9 Å². The van der Waals surface area contributed by atoms with Crippen molar-refractivity contribution in [1.82, 2.24) is 4.90 Å². The van der Waals surface area contributed by atoms with E-state index >= 15 is 0 Å². The first-order valence-corrected chi connectivity index (χ1v) is 5.42. The molecule has 0 aromatic heterocycles. The minimum absolute atomic E-state index is 0. The molecule has 2 heterocycles. The molecule has 0 aromatic rings. The molecular formula is C10H20Cl2N2O. The number of nitrogens with two attached hydrogens (primary N) is 1. The van der Waals surface area contributed by atoms with Gasteiger partial charge in [-0.2, -0.15) is 0 Å². The smallest absolute Gasteiger partial charge is 0.0632 e. The molecule has 0 amide bonds. The lowest BCUT2D eigenvalue weighted by Gasteiger charge is -2.36. The summed E-state index contributed by atoms with van der Waals surface area (Å²) in [5.41, 5.74) is 6.05. The number of rotatable bonds is 1. The summed E-state index contributed by atoms with van der Waals surface area (Å²) in [5, 5.41) is 0. The average Bonchev–Trinajstić information content (AvgIpc) is 2.75. The number of likely N-dealkylation sites (tertiary alicyclic amines) is 1. The predicted molar refractivity (Wildman–Crippen MR) is 64.9 cm³/mol. The lowest BCUT2D eigenvalue weighted by molar-refractivity contribution is 0.0220. The third kappa shape index (κ3) is 2.59. The molecule has 2 unspecified atom stereocenters. The molecule has 0 radical (unpaired) electrons. The fraction of sp³-hybridized carbons (Fsp3) is 1.00. The molecule has 2 aliphatic heterocycles. The van der Waals surface area contributed by atoms with Gasteiger partial charge in [0.25, 0.3) is 0 Å². The summed E-state index contributed by atoms with van der Waals surface area (Å²) >= 11 is 0. The molecule has 3 fully saturated rings. The van der Waals surface area contributed by atoms with E-state index < -0.39 is 0 Å². The van der Waals surface area contributed by atoms with Gasteiger partial charge in [-0.15, -0.1) is 24.8 Å². The van der Waals surface area contributed by atoms with Crippen molar-refractivity contribution in [2.24, 2.45) is 17.6 Å². The third-order valence-corrected chi connectivity index (χ3v) is 3.84. The second-order valence-electron chi connectivity index (χ2n) is 4.80. The van der Waals surface area contributed by atoms with Crippen LogP contribution in [0.2, 0.25) is 0 Å². The van der Waals surface area contributed by atoms with Crippen molar-refractivity contribution in [3.63, 3.8) is 0 Å². The van der Waals surface area contributed by atoms with E-state index in [1.165, 1.54) is 19.5 Å². The molecule has 0 bridgehead atoms. The normalized spacial score (nSPS) is 43.8. The van der Waals surface area contributed by atoms with Gasteiger partial charge >= 0.3 is 0 Å². The zero-order valence-corrected chi connectivity index (χ0v) is 10.4. The van der Waals surface area contributed by atoms with Crippen molar-refractivity contribution in [3.05, 3.63) is 0 Å². The number of hydrogen-bond donors (Lipinski definition) is 1. The van der Waals surface area contributed by atoms with Crippen molar-refractivity contribution < 1.29 is 4.74 Å². The molecule has 3 nitrogen and oxygen atoms in total. The van der Waals surface area contributed by atoms with Crippen molar-refractivity contribution in [2.75, 3.05) is 26.3 Å². The Morgan fingerprint density at radius 2 is 1.80 bits per heavy atom. The van der Waals surface area contributed by atoms with Gasteiger partial charge in [-0.3, -0.25) is 4.90 Å². The van der Waals surface area contributed by atoms with Gasteiger partial charge in [-0.1, -0.05) is 0 Å². The molecule has 1 aliphatic carbocycles. The summed E-state index contributed by atoms with van der Waals surface area (Å²) in [6, 6.07) is 0.868. The highest BCUT2D eigenvalue weighted by Crippen LogP contribution is 2.46. The number of halogens is 2. The van der Waals surface area contributed by atoms with Crippen LogP contribution in [0.4, 0.5) is 0 Å². The summed E-state index contributed by atoms with van der Waals surface area (Å²) < 4.78 is 5.36. The molecule has 2 saturated heterocycles. The summed E-state index contributed by atoms with van der Waals surface area (Å²) in [7, 11) is 0. The first kappa shape index (κ1) is 13.5. The second kappa shape index (κ2) is 5.19. The number of hydrogen-bond acceptors (Lipinski definition) is 3. The maximum Gasteiger partial charge on any atom is 0.0632 e. The zero-order valence-electron chi connectivity index (χ0n) is 8.80. The van der Waals surface area contributed by atoms with Crippen LogP contribution in [0.3, 0.4) is 0 Å². The molecule has 1 saturated carbocycles. The SMILES string of the molecule is Cl.Cl.N[C@@H]1COCC[C@H]1N1CC2CC2C1. The summed E-state index contributed by atoms with van der Waals surface area (Å²) in [5.74, 6) is 2.05. The van der Waals surface area contributed by atoms with Crippen LogP contribution >= 0.6 is 24.8 Å². The number of piperidine rings is 1. The van der Waals surface area contributed by atoms with Gasteiger partial charge in [-0.25, -0.2) is 0 Å². The highest BCUT2D eigenvalue weighted by molar-refractivity contribution is 5.85. The Balaban J connectivity index is 0.000000562. The van der Waals surface area contributed by atoms with Gasteiger partial charge in [-0.05, 0) is 24.7 Å². The topological polar surface area (TPSA) is 38.5 Å². The molecule has 15 heavy (non-hydrogen) atoms. The van der Waals surface area contributed by atoms with E-state index in [1.54, 1.807) is 0 Å². The number of fused-ring (bicyclic) bond motifs is 1. The Hall–Kier alpha value is 0.460. The van der Waals surface area contributed by atoms with Gasteiger partial charge in [0.1, 0.15) is 0 Å². The standard InChI is InChI=1S/C10H18N2O.2ClH/c11-9-6-13-2-1-10(9)12-4-7-3-8(7)5-12;;/h7-10H,1-6,11H2;2*1H/t7?,8?,9-,10-;;/m1../s1. The molecule has 5 heteroatoms. The van der Waals surface area contributed by atoms with Gasteiger partial charge in [0.15, 0.2) is 0 Å². The average molecular weight is 255 g/mol. The molecule has 3 rings (SSSR count). The summed E-state index contributed by atoms with van der Waals surface area (Å²) in [4.78, 5) is 2.60. The van der Waals surface area contributed by atoms with E-state index in [4.69, 9.17) is 10.5 Å². The fourth-order valence-electron chi connectivity index (χ4n) is 2.91. The van der Waals surface area contributed by atoms with Crippen LogP contribution in [-0.2, 0) is 4.74 Å². The van der Waals surface area contributed by atoms with Crippen molar-refractivity contribution in [1.29, 1.82) is 0 Å². The van der Waals surface area contributed by atoms with E-state index in [9.17, 15) is 0 Å². The first-order valence-electron chi connectivity index (χ1n) is 5.42. The zero-order chi connectivity index (χ0) is 8.84. The van der Waals surface area contributed by atoms with Crippen LogP contribution in [0.1, 0.15) is 12.8 Å².